The van der Waals surface area contributed by atoms with Gasteiger partial charge in [0.15, 0.2) is 11.5 Å². The molecule has 0 saturated heterocycles. The molecule has 0 spiro atoms. The van der Waals surface area contributed by atoms with Gasteiger partial charge in [-0.3, -0.25) is 4.79 Å². The van der Waals surface area contributed by atoms with E-state index in [9.17, 15) is 9.90 Å². The molecule has 19 heavy (non-hydrogen) atoms. The number of fused-ring (bicyclic) bond motifs is 1. The van der Waals surface area contributed by atoms with Crippen LogP contribution in [-0.2, 0) is 17.6 Å². The van der Waals surface area contributed by atoms with Gasteiger partial charge in [-0.05, 0) is 36.1 Å². The lowest BCUT2D eigenvalue weighted by Gasteiger charge is -2.32. The molecule has 1 aliphatic carbocycles. The molecule has 5 heteroatoms. The molecule has 0 amide bonds. The first-order chi connectivity index (χ1) is 8.97. The fourth-order valence-electron chi connectivity index (χ4n) is 2.60. The molecule has 0 radical (unpaired) electrons. The van der Waals surface area contributed by atoms with Crippen LogP contribution in [0.15, 0.2) is 12.1 Å². The van der Waals surface area contributed by atoms with E-state index >= 15 is 0 Å². The lowest BCUT2D eigenvalue weighted by Crippen LogP contribution is -2.38. The van der Waals surface area contributed by atoms with E-state index in [2.05, 4.69) is 0 Å². The van der Waals surface area contributed by atoms with Crippen molar-refractivity contribution in [2.24, 2.45) is 0 Å². The van der Waals surface area contributed by atoms with Gasteiger partial charge < -0.3 is 19.7 Å². The summed E-state index contributed by atoms with van der Waals surface area (Å²) in [4.78, 5) is 10.8. The fourth-order valence-corrected chi connectivity index (χ4v) is 2.60. The van der Waals surface area contributed by atoms with Gasteiger partial charge in [0, 0.05) is 6.42 Å². The van der Waals surface area contributed by atoms with Gasteiger partial charge in [0.25, 0.3) is 0 Å². The Hall–Kier alpha value is -1.75. The molecule has 104 valence electrons. The Morgan fingerprint density at radius 2 is 1.84 bits per heavy atom. The molecule has 2 rings (SSSR count). The van der Waals surface area contributed by atoms with E-state index < -0.39 is 11.6 Å². The number of carboxylic acid groups (broad SMARTS) is 1. The summed E-state index contributed by atoms with van der Waals surface area (Å²) < 4.78 is 10.5. The third-order valence-electron chi connectivity index (χ3n) is 3.57. The maximum atomic E-state index is 10.8. The second kappa shape index (κ2) is 5.09. The van der Waals surface area contributed by atoms with E-state index in [0.29, 0.717) is 30.8 Å². The number of aliphatic hydroxyl groups is 1. The molecular weight excluding hydrogens is 248 g/mol. The Labute approximate surface area is 111 Å². The second-order valence-corrected chi connectivity index (χ2v) is 4.95. The highest BCUT2D eigenvalue weighted by Gasteiger charge is 2.35. The van der Waals surface area contributed by atoms with Crippen LogP contribution >= 0.6 is 0 Å². The highest BCUT2D eigenvalue weighted by molar-refractivity contribution is 5.68. The van der Waals surface area contributed by atoms with Gasteiger partial charge in [0.1, 0.15) is 0 Å². The van der Waals surface area contributed by atoms with E-state index in [0.717, 1.165) is 11.1 Å². The first-order valence-electron chi connectivity index (χ1n) is 6.15. The molecule has 0 aromatic heterocycles. The Kier molecular flexibility index (Phi) is 3.66. The quantitative estimate of drug-likeness (QED) is 0.861. The number of carbonyl (C=O) groups is 1. The summed E-state index contributed by atoms with van der Waals surface area (Å²) in [7, 11) is 3.13. The van der Waals surface area contributed by atoms with Crippen molar-refractivity contribution in [2.75, 3.05) is 14.2 Å². The van der Waals surface area contributed by atoms with Gasteiger partial charge >= 0.3 is 5.97 Å². The summed E-state index contributed by atoms with van der Waals surface area (Å²) in [5.74, 6) is 0.275. The fraction of sp³-hybridized carbons (Fsp3) is 0.500. The van der Waals surface area contributed by atoms with E-state index in [1.165, 1.54) is 0 Å². The third-order valence-corrected chi connectivity index (χ3v) is 3.57. The normalized spacial score (nSPS) is 21.6. The van der Waals surface area contributed by atoms with Gasteiger partial charge in [0.05, 0.1) is 26.2 Å². The zero-order valence-electron chi connectivity index (χ0n) is 11.1. The number of rotatable bonds is 4. The number of aliphatic carboxylic acids is 1. The molecule has 2 N–H and O–H groups in total. The van der Waals surface area contributed by atoms with Crippen molar-refractivity contribution in [3.8, 4) is 11.5 Å². The van der Waals surface area contributed by atoms with Crippen LogP contribution in [0.1, 0.15) is 24.0 Å². The van der Waals surface area contributed by atoms with Gasteiger partial charge in [-0.15, -0.1) is 0 Å². The standard InChI is InChI=1S/C14H18O5/c1-18-11-5-9-3-4-14(17,8-13(15)16)7-10(9)6-12(11)19-2/h5-6,17H,3-4,7-8H2,1-2H3,(H,15,16). The van der Waals surface area contributed by atoms with Gasteiger partial charge in [-0.1, -0.05) is 0 Å². The maximum Gasteiger partial charge on any atom is 0.306 e. The molecule has 1 aromatic rings. The zero-order chi connectivity index (χ0) is 14.0. The third kappa shape index (κ3) is 2.81. The van der Waals surface area contributed by atoms with Gasteiger partial charge in [-0.2, -0.15) is 0 Å². The lowest BCUT2D eigenvalue weighted by molar-refractivity contribution is -0.143. The molecule has 1 unspecified atom stereocenters. The van der Waals surface area contributed by atoms with Crippen LogP contribution < -0.4 is 9.47 Å². The Bertz CT molecular complexity index is 497. The number of benzene rings is 1. The highest BCUT2D eigenvalue weighted by Crippen LogP contribution is 2.37. The SMILES string of the molecule is COc1cc2c(cc1OC)CC(O)(CC(=O)O)CC2. The molecule has 0 aliphatic heterocycles. The largest absolute Gasteiger partial charge is 0.493 e. The monoisotopic (exact) mass is 266 g/mol. The van der Waals surface area contributed by atoms with Crippen LogP contribution in [-0.4, -0.2) is 36.0 Å². The van der Waals surface area contributed by atoms with Crippen LogP contribution in [0, 0.1) is 0 Å². The van der Waals surface area contributed by atoms with E-state index in [4.69, 9.17) is 14.6 Å². The Morgan fingerprint density at radius 1 is 1.26 bits per heavy atom. The van der Waals surface area contributed by atoms with Crippen molar-refractivity contribution in [3.05, 3.63) is 23.3 Å². The maximum absolute atomic E-state index is 10.8. The van der Waals surface area contributed by atoms with Crippen molar-refractivity contribution in [2.45, 2.75) is 31.3 Å². The first-order valence-corrected chi connectivity index (χ1v) is 6.15. The molecule has 5 nitrogen and oxygen atoms in total. The number of ether oxygens (including phenoxy) is 2. The predicted octanol–water partition coefficient (Wildman–Crippen LogP) is 1.40. The van der Waals surface area contributed by atoms with Crippen molar-refractivity contribution >= 4 is 5.97 Å². The van der Waals surface area contributed by atoms with Crippen LogP contribution in [0.4, 0.5) is 0 Å². The van der Waals surface area contributed by atoms with Crippen LogP contribution in [0.2, 0.25) is 0 Å². The number of methoxy groups -OCH3 is 2. The minimum Gasteiger partial charge on any atom is -0.493 e. The smallest absolute Gasteiger partial charge is 0.306 e. The van der Waals surface area contributed by atoms with E-state index in [-0.39, 0.29) is 6.42 Å². The molecule has 1 aromatic carbocycles. The Morgan fingerprint density at radius 3 is 2.37 bits per heavy atom. The molecule has 1 aliphatic rings. The minimum atomic E-state index is -1.17. The highest BCUT2D eigenvalue weighted by atomic mass is 16.5. The first kappa shape index (κ1) is 13.7. The number of hydrogen-bond acceptors (Lipinski definition) is 4. The summed E-state index contributed by atoms with van der Waals surface area (Å²) in [6, 6.07) is 3.72. The Balaban J connectivity index is 2.32. The van der Waals surface area contributed by atoms with Crippen molar-refractivity contribution in [1.82, 2.24) is 0 Å². The predicted molar refractivity (Wildman–Crippen MR) is 68.8 cm³/mol. The molecular formula is C14H18O5. The average molecular weight is 266 g/mol. The summed E-state index contributed by atoms with van der Waals surface area (Å²) in [5, 5.41) is 19.2. The van der Waals surface area contributed by atoms with Gasteiger partial charge in [-0.25, -0.2) is 0 Å². The lowest BCUT2D eigenvalue weighted by atomic mass is 9.78. The summed E-state index contributed by atoms with van der Waals surface area (Å²) >= 11 is 0. The number of hydrogen-bond donors (Lipinski definition) is 2. The minimum absolute atomic E-state index is 0.235. The summed E-state index contributed by atoms with van der Waals surface area (Å²) in [5.41, 5.74) is 0.832. The molecule has 1 atom stereocenters. The number of carboxylic acids is 1. The molecule has 0 saturated carbocycles. The number of aryl methyl sites for hydroxylation is 1. The molecule has 0 fully saturated rings. The topological polar surface area (TPSA) is 76.0 Å². The molecule has 0 heterocycles. The van der Waals surface area contributed by atoms with E-state index in [1.54, 1.807) is 14.2 Å². The van der Waals surface area contributed by atoms with Crippen molar-refractivity contribution < 1.29 is 24.5 Å². The molecule has 0 bridgehead atoms. The average Bonchev–Trinajstić information content (AvgIpc) is 2.35. The van der Waals surface area contributed by atoms with E-state index in [1.807, 2.05) is 12.1 Å². The van der Waals surface area contributed by atoms with Crippen LogP contribution in [0.3, 0.4) is 0 Å². The van der Waals surface area contributed by atoms with Crippen LogP contribution in [0.25, 0.3) is 0 Å². The second-order valence-electron chi connectivity index (χ2n) is 4.95. The van der Waals surface area contributed by atoms with Crippen molar-refractivity contribution in [3.63, 3.8) is 0 Å². The van der Waals surface area contributed by atoms with Crippen molar-refractivity contribution in [1.29, 1.82) is 0 Å². The summed E-state index contributed by atoms with van der Waals surface area (Å²) in [6.45, 7) is 0. The van der Waals surface area contributed by atoms with Crippen LogP contribution in [0.5, 0.6) is 11.5 Å². The zero-order valence-corrected chi connectivity index (χ0v) is 11.1. The summed E-state index contributed by atoms with van der Waals surface area (Å²) in [6.07, 6.45) is 1.18. The van der Waals surface area contributed by atoms with Gasteiger partial charge in [0.2, 0.25) is 0 Å².